The number of nitrogens with zero attached hydrogens (tertiary/aromatic N) is 2. The lowest BCUT2D eigenvalue weighted by atomic mass is 10.0. The summed E-state index contributed by atoms with van der Waals surface area (Å²) in [7, 11) is 0. The number of ether oxygens (including phenoxy) is 1. The molecule has 1 aliphatic heterocycles. The van der Waals surface area contributed by atoms with Gasteiger partial charge in [0.05, 0.1) is 18.8 Å². The molecule has 1 aromatic rings. The Kier molecular flexibility index (Phi) is 2.22. The van der Waals surface area contributed by atoms with Gasteiger partial charge in [-0.05, 0) is 19.4 Å². The lowest BCUT2D eigenvalue weighted by Gasteiger charge is -2.19. The molecular weight excluding hydrogens is 166 g/mol. The normalized spacial score (nSPS) is 24.8. The van der Waals surface area contributed by atoms with Crippen molar-refractivity contribution in [1.82, 2.24) is 9.78 Å². The highest BCUT2D eigenvalue weighted by atomic mass is 16.5. The zero-order chi connectivity index (χ0) is 9.26. The van der Waals surface area contributed by atoms with Gasteiger partial charge in [-0.1, -0.05) is 0 Å². The third kappa shape index (κ3) is 1.54. The van der Waals surface area contributed by atoms with Crippen molar-refractivity contribution < 1.29 is 4.74 Å². The zero-order valence-corrected chi connectivity index (χ0v) is 7.81. The lowest BCUT2D eigenvalue weighted by Crippen LogP contribution is -2.19. The Hall–Kier alpha value is -1.03. The summed E-state index contributed by atoms with van der Waals surface area (Å²) in [6.45, 7) is 3.85. The lowest BCUT2D eigenvalue weighted by molar-refractivity contribution is 0.173. The van der Waals surface area contributed by atoms with E-state index in [-0.39, 0.29) is 0 Å². The summed E-state index contributed by atoms with van der Waals surface area (Å²) in [5.74, 6) is 1.29. The summed E-state index contributed by atoms with van der Waals surface area (Å²) in [6, 6.07) is 2.17. The molecule has 0 radical (unpaired) electrons. The fourth-order valence-electron chi connectivity index (χ4n) is 1.80. The van der Waals surface area contributed by atoms with E-state index in [4.69, 9.17) is 10.5 Å². The van der Waals surface area contributed by atoms with E-state index in [1.807, 2.05) is 10.7 Å². The topological polar surface area (TPSA) is 53.1 Å². The Morgan fingerprint density at radius 1 is 1.77 bits per heavy atom. The number of rotatable bonds is 2. The number of hydrogen-bond donors (Lipinski definition) is 1. The van der Waals surface area contributed by atoms with Crippen LogP contribution in [0.4, 0.5) is 5.82 Å². The summed E-state index contributed by atoms with van der Waals surface area (Å²) in [5, 5.41) is 4.20. The molecule has 1 aromatic heterocycles. The van der Waals surface area contributed by atoms with Crippen molar-refractivity contribution in [2.45, 2.75) is 19.4 Å². The Balaban J connectivity index is 2.12. The number of nitrogen functional groups attached to an aromatic ring is 1. The van der Waals surface area contributed by atoms with Crippen molar-refractivity contribution in [1.29, 1.82) is 0 Å². The SMILES string of the molecule is CC(C1CCOC1)n1nccc1N. The molecule has 13 heavy (non-hydrogen) atoms. The first-order valence-corrected chi connectivity index (χ1v) is 4.66. The molecule has 2 unspecified atom stereocenters. The fraction of sp³-hybridized carbons (Fsp3) is 0.667. The Morgan fingerprint density at radius 2 is 2.62 bits per heavy atom. The number of anilines is 1. The molecule has 4 heteroatoms. The van der Waals surface area contributed by atoms with Gasteiger partial charge in [0, 0.05) is 12.5 Å². The molecule has 0 bridgehead atoms. The van der Waals surface area contributed by atoms with Gasteiger partial charge in [-0.15, -0.1) is 0 Å². The minimum absolute atomic E-state index is 0.345. The van der Waals surface area contributed by atoms with Crippen LogP contribution in [0, 0.1) is 5.92 Å². The molecule has 0 amide bonds. The van der Waals surface area contributed by atoms with Crippen molar-refractivity contribution in [3.05, 3.63) is 12.3 Å². The molecule has 0 spiro atoms. The number of nitrogens with two attached hydrogens (primary N) is 1. The highest BCUT2D eigenvalue weighted by Gasteiger charge is 2.24. The quantitative estimate of drug-likeness (QED) is 0.742. The van der Waals surface area contributed by atoms with Gasteiger partial charge >= 0.3 is 0 Å². The maximum Gasteiger partial charge on any atom is 0.121 e. The second-order valence-corrected chi connectivity index (χ2v) is 3.56. The highest BCUT2D eigenvalue weighted by Crippen LogP contribution is 2.26. The monoisotopic (exact) mass is 181 g/mol. The Labute approximate surface area is 77.7 Å². The van der Waals surface area contributed by atoms with Crippen molar-refractivity contribution in [2.75, 3.05) is 18.9 Å². The fourth-order valence-corrected chi connectivity index (χ4v) is 1.80. The first-order chi connectivity index (χ1) is 6.29. The first kappa shape index (κ1) is 8.56. The smallest absolute Gasteiger partial charge is 0.121 e. The van der Waals surface area contributed by atoms with Crippen LogP contribution in [0.15, 0.2) is 12.3 Å². The second-order valence-electron chi connectivity index (χ2n) is 3.56. The largest absolute Gasteiger partial charge is 0.384 e. The maximum atomic E-state index is 5.77. The predicted molar refractivity (Wildman–Crippen MR) is 50.3 cm³/mol. The Bertz CT molecular complexity index is 278. The molecule has 2 rings (SSSR count). The van der Waals surface area contributed by atoms with Crippen LogP contribution in [0.3, 0.4) is 0 Å². The van der Waals surface area contributed by atoms with E-state index in [0.717, 1.165) is 25.5 Å². The summed E-state index contributed by atoms with van der Waals surface area (Å²) in [4.78, 5) is 0. The summed E-state index contributed by atoms with van der Waals surface area (Å²) in [6.07, 6.45) is 2.85. The second kappa shape index (κ2) is 3.38. The van der Waals surface area contributed by atoms with Gasteiger partial charge in [0.25, 0.3) is 0 Å². The average molecular weight is 181 g/mol. The van der Waals surface area contributed by atoms with Gasteiger partial charge in [-0.3, -0.25) is 0 Å². The molecule has 2 N–H and O–H groups in total. The van der Waals surface area contributed by atoms with Gasteiger partial charge in [0.15, 0.2) is 0 Å². The van der Waals surface area contributed by atoms with Gasteiger partial charge < -0.3 is 10.5 Å². The van der Waals surface area contributed by atoms with E-state index < -0.39 is 0 Å². The molecule has 1 saturated heterocycles. The molecule has 72 valence electrons. The standard InChI is InChI=1S/C9H15N3O/c1-7(8-3-5-13-6-8)12-9(10)2-4-11-12/h2,4,7-8H,3,5-6,10H2,1H3. The molecule has 0 aliphatic carbocycles. The van der Waals surface area contributed by atoms with E-state index >= 15 is 0 Å². The maximum absolute atomic E-state index is 5.77. The third-order valence-corrected chi connectivity index (χ3v) is 2.73. The molecule has 2 atom stereocenters. The van der Waals surface area contributed by atoms with E-state index in [1.54, 1.807) is 6.20 Å². The van der Waals surface area contributed by atoms with E-state index in [0.29, 0.717) is 12.0 Å². The average Bonchev–Trinajstić information content (AvgIpc) is 2.72. The van der Waals surface area contributed by atoms with Crippen LogP contribution in [-0.2, 0) is 4.74 Å². The molecule has 2 heterocycles. The zero-order valence-electron chi connectivity index (χ0n) is 7.81. The van der Waals surface area contributed by atoms with Gasteiger partial charge in [0.1, 0.15) is 5.82 Å². The van der Waals surface area contributed by atoms with E-state index in [1.165, 1.54) is 0 Å². The van der Waals surface area contributed by atoms with Crippen LogP contribution in [0.1, 0.15) is 19.4 Å². The third-order valence-electron chi connectivity index (χ3n) is 2.73. The summed E-state index contributed by atoms with van der Waals surface area (Å²) in [5.41, 5.74) is 5.77. The molecule has 4 nitrogen and oxygen atoms in total. The minimum Gasteiger partial charge on any atom is -0.384 e. The highest BCUT2D eigenvalue weighted by molar-refractivity contribution is 5.26. The van der Waals surface area contributed by atoms with E-state index in [9.17, 15) is 0 Å². The first-order valence-electron chi connectivity index (χ1n) is 4.66. The van der Waals surface area contributed by atoms with Crippen LogP contribution >= 0.6 is 0 Å². The van der Waals surface area contributed by atoms with Gasteiger partial charge in [-0.25, -0.2) is 4.68 Å². The minimum atomic E-state index is 0.345. The Morgan fingerprint density at radius 3 is 3.15 bits per heavy atom. The van der Waals surface area contributed by atoms with Crippen molar-refractivity contribution in [2.24, 2.45) is 5.92 Å². The van der Waals surface area contributed by atoms with Crippen LogP contribution in [-0.4, -0.2) is 23.0 Å². The number of aromatic nitrogens is 2. The molecule has 0 saturated carbocycles. The summed E-state index contributed by atoms with van der Waals surface area (Å²) >= 11 is 0. The van der Waals surface area contributed by atoms with Crippen LogP contribution in [0.2, 0.25) is 0 Å². The molecule has 0 aromatic carbocycles. The van der Waals surface area contributed by atoms with Crippen molar-refractivity contribution in [3.8, 4) is 0 Å². The summed E-state index contributed by atoms with van der Waals surface area (Å²) < 4.78 is 7.21. The predicted octanol–water partition coefficient (Wildman–Crippen LogP) is 1.06. The van der Waals surface area contributed by atoms with Crippen LogP contribution in [0.25, 0.3) is 0 Å². The van der Waals surface area contributed by atoms with Gasteiger partial charge in [0.2, 0.25) is 0 Å². The van der Waals surface area contributed by atoms with Crippen LogP contribution in [0.5, 0.6) is 0 Å². The molecule has 1 aliphatic rings. The van der Waals surface area contributed by atoms with Crippen molar-refractivity contribution >= 4 is 5.82 Å². The molecular formula is C9H15N3O. The molecule has 1 fully saturated rings. The number of hydrogen-bond acceptors (Lipinski definition) is 3. The van der Waals surface area contributed by atoms with Crippen LogP contribution < -0.4 is 5.73 Å². The van der Waals surface area contributed by atoms with Crippen molar-refractivity contribution in [3.63, 3.8) is 0 Å². The van der Waals surface area contributed by atoms with Gasteiger partial charge in [-0.2, -0.15) is 5.10 Å². The van der Waals surface area contributed by atoms with E-state index in [2.05, 4.69) is 12.0 Å².